The topological polar surface area (TPSA) is 135 Å². The maximum absolute atomic E-state index is 14.6. The largest absolute Gasteiger partial charge is 0.455 e. The van der Waals surface area contributed by atoms with E-state index in [2.05, 4.69) is 34.4 Å². The Bertz CT molecular complexity index is 1330. The molecule has 11 nitrogen and oxygen atoms in total. The smallest absolute Gasteiger partial charge is 0.313 e. The molecular formula is C36H50BrN3O8. The Kier molecular flexibility index (Phi) is 13.0. The Balaban J connectivity index is 1.73. The summed E-state index contributed by atoms with van der Waals surface area (Å²) in [6.07, 6.45) is 4.23. The molecule has 0 aliphatic carbocycles. The van der Waals surface area contributed by atoms with Crippen LogP contribution in [0.2, 0.25) is 0 Å². The molecule has 2 unspecified atom stereocenters. The van der Waals surface area contributed by atoms with E-state index < -0.39 is 59.6 Å². The first-order valence-electron chi connectivity index (χ1n) is 16.8. The van der Waals surface area contributed by atoms with Gasteiger partial charge in [-0.3, -0.25) is 19.2 Å². The third-order valence-corrected chi connectivity index (χ3v) is 10.7. The molecule has 10 atom stereocenters. The monoisotopic (exact) mass is 731 g/mol. The number of fused-ring (bicyclic) bond motifs is 1. The summed E-state index contributed by atoms with van der Waals surface area (Å²) in [6, 6.07) is 6.41. The van der Waals surface area contributed by atoms with Gasteiger partial charge in [-0.15, -0.1) is 13.2 Å². The molecule has 12 heteroatoms. The highest BCUT2D eigenvalue weighted by molar-refractivity contribution is 9.09. The molecular weight excluding hydrogens is 682 g/mol. The van der Waals surface area contributed by atoms with Gasteiger partial charge in [0.25, 0.3) is 0 Å². The molecule has 0 saturated carbocycles. The quantitative estimate of drug-likeness (QED) is 0.133. The molecule has 3 aliphatic rings. The van der Waals surface area contributed by atoms with Gasteiger partial charge in [0.05, 0.1) is 43.2 Å². The molecule has 3 saturated heterocycles. The summed E-state index contributed by atoms with van der Waals surface area (Å²) in [7, 11) is 1.50. The zero-order valence-electron chi connectivity index (χ0n) is 28.4. The van der Waals surface area contributed by atoms with Crippen molar-refractivity contribution in [3.8, 4) is 0 Å². The van der Waals surface area contributed by atoms with E-state index in [0.29, 0.717) is 18.4 Å². The minimum atomic E-state index is -1.32. The number of methoxy groups -OCH3 is 1. The van der Waals surface area contributed by atoms with Gasteiger partial charge >= 0.3 is 5.97 Å². The number of hydrogen-bond acceptors (Lipinski definition) is 8. The fourth-order valence-corrected chi connectivity index (χ4v) is 8.60. The number of hydrogen-bond donors (Lipinski definition) is 2. The SMILES string of the molecule is C=CCCC(=O)N[C@@H](COC)[C@@H](OC(=O)[C@H]1[C@@H]2O[C@@]3(CC2Br)[C@@H]1C(=O)N([C@H](C)CO)[C@@H]3C(=O)N(CC=C)C(C)CCC)c1ccccc1. The van der Waals surface area contributed by atoms with Crippen LogP contribution < -0.4 is 5.32 Å². The highest BCUT2D eigenvalue weighted by Crippen LogP contribution is 2.61. The molecule has 0 aromatic heterocycles. The van der Waals surface area contributed by atoms with Crippen LogP contribution in [0.25, 0.3) is 0 Å². The second-order valence-electron chi connectivity index (χ2n) is 13.1. The van der Waals surface area contributed by atoms with E-state index in [9.17, 15) is 24.3 Å². The number of carbonyl (C=O) groups is 4. The number of carbonyl (C=O) groups excluding carboxylic acids is 4. The van der Waals surface area contributed by atoms with E-state index in [4.69, 9.17) is 14.2 Å². The van der Waals surface area contributed by atoms with Crippen LogP contribution in [0.1, 0.15) is 64.5 Å². The van der Waals surface area contributed by atoms with Crippen LogP contribution in [0, 0.1) is 11.8 Å². The maximum Gasteiger partial charge on any atom is 0.313 e. The summed E-state index contributed by atoms with van der Waals surface area (Å²) < 4.78 is 18.4. The first-order chi connectivity index (χ1) is 23.0. The summed E-state index contributed by atoms with van der Waals surface area (Å²) in [5.41, 5.74) is -0.684. The molecule has 4 rings (SSSR count). The van der Waals surface area contributed by atoms with Gasteiger partial charge in [-0.25, -0.2) is 0 Å². The molecule has 264 valence electrons. The van der Waals surface area contributed by atoms with E-state index in [0.717, 1.165) is 12.8 Å². The number of amides is 3. The Hall–Kier alpha value is -3.06. The minimum absolute atomic E-state index is 0.0537. The summed E-state index contributed by atoms with van der Waals surface area (Å²) >= 11 is 3.71. The predicted octanol–water partition coefficient (Wildman–Crippen LogP) is 3.70. The number of halogens is 1. The van der Waals surface area contributed by atoms with Crippen molar-refractivity contribution in [1.29, 1.82) is 0 Å². The normalized spacial score (nSPS) is 28.2. The molecule has 2 N–H and O–H groups in total. The highest BCUT2D eigenvalue weighted by Gasteiger charge is 2.77. The number of alkyl halides is 1. The second kappa shape index (κ2) is 16.6. The number of allylic oxidation sites excluding steroid dienone is 1. The predicted molar refractivity (Wildman–Crippen MR) is 184 cm³/mol. The van der Waals surface area contributed by atoms with E-state index >= 15 is 0 Å². The van der Waals surface area contributed by atoms with Crippen molar-refractivity contribution in [2.75, 3.05) is 26.9 Å². The molecule has 3 fully saturated rings. The Morgan fingerprint density at radius 2 is 1.94 bits per heavy atom. The highest BCUT2D eigenvalue weighted by atomic mass is 79.9. The lowest BCUT2D eigenvalue weighted by Gasteiger charge is -2.40. The summed E-state index contributed by atoms with van der Waals surface area (Å²) in [4.78, 5) is 59.1. The molecule has 1 aromatic carbocycles. The van der Waals surface area contributed by atoms with Gasteiger partial charge in [0.1, 0.15) is 17.7 Å². The second-order valence-corrected chi connectivity index (χ2v) is 14.3. The number of esters is 1. The molecule has 1 spiro atoms. The lowest BCUT2D eigenvalue weighted by atomic mass is 9.70. The Labute approximate surface area is 292 Å². The number of benzene rings is 1. The number of aliphatic hydroxyl groups is 1. The Morgan fingerprint density at radius 1 is 1.23 bits per heavy atom. The number of nitrogens with zero attached hydrogens (tertiary/aromatic N) is 2. The van der Waals surface area contributed by atoms with Crippen molar-refractivity contribution in [3.05, 3.63) is 61.2 Å². The van der Waals surface area contributed by atoms with Gasteiger partial charge in [-0.05, 0) is 38.7 Å². The van der Waals surface area contributed by atoms with Gasteiger partial charge in [0.2, 0.25) is 17.7 Å². The first kappa shape index (κ1) is 37.8. The van der Waals surface area contributed by atoms with E-state index in [-0.39, 0.29) is 48.9 Å². The third kappa shape index (κ3) is 7.27. The number of likely N-dealkylation sites (tertiary alicyclic amines) is 1. The van der Waals surface area contributed by atoms with Crippen molar-refractivity contribution < 1.29 is 38.5 Å². The minimum Gasteiger partial charge on any atom is -0.455 e. The molecule has 3 aliphatic heterocycles. The maximum atomic E-state index is 14.6. The zero-order valence-corrected chi connectivity index (χ0v) is 30.0. The van der Waals surface area contributed by atoms with Gasteiger partial charge in [-0.2, -0.15) is 0 Å². The molecule has 1 aromatic rings. The molecule has 2 bridgehead atoms. The standard InChI is InChI=1S/C36H50BrN3O8/c1-7-10-17-27(42)38-26(21-46-6)30(24-15-12-11-13-16-24)47-35(45)28-29-33(43)40(23(5)20-41)32(36(29)19-25(37)31(28)48-36)34(44)39(18-9-3)22(4)14-8-2/h7,9,11-13,15-16,22-23,25-26,28-32,41H,1,3,8,10,14,17-21H2,2,4-6H3,(H,38,42)/t22?,23-,25?,26+,28-,29+,30+,31-,32-,36+/m1/s1. The molecule has 3 heterocycles. The fourth-order valence-electron chi connectivity index (χ4n) is 7.66. The van der Waals surface area contributed by atoms with Crippen molar-refractivity contribution in [3.63, 3.8) is 0 Å². The average Bonchev–Trinajstić information content (AvgIpc) is 3.67. The third-order valence-electron chi connectivity index (χ3n) is 9.82. The summed E-state index contributed by atoms with van der Waals surface area (Å²) in [6.45, 7) is 13.2. The molecule has 3 amide bonds. The molecule has 0 radical (unpaired) electrons. The number of aliphatic hydroxyl groups excluding tert-OH is 1. The lowest BCUT2D eigenvalue weighted by Crippen LogP contribution is -2.59. The van der Waals surface area contributed by atoms with Gasteiger partial charge in [-0.1, -0.05) is 71.8 Å². The van der Waals surface area contributed by atoms with Crippen molar-refractivity contribution >= 4 is 39.6 Å². The fraction of sp³-hybridized carbons (Fsp3) is 0.611. The van der Waals surface area contributed by atoms with Crippen molar-refractivity contribution in [2.45, 2.75) is 99.7 Å². The number of ether oxygens (including phenoxy) is 3. The van der Waals surface area contributed by atoms with Crippen LogP contribution in [0.3, 0.4) is 0 Å². The molecule has 48 heavy (non-hydrogen) atoms. The van der Waals surface area contributed by atoms with Gasteiger partial charge in [0, 0.05) is 30.9 Å². The van der Waals surface area contributed by atoms with Crippen molar-refractivity contribution in [2.24, 2.45) is 11.8 Å². The van der Waals surface area contributed by atoms with Crippen LogP contribution in [0.5, 0.6) is 0 Å². The Morgan fingerprint density at radius 3 is 2.54 bits per heavy atom. The van der Waals surface area contributed by atoms with Crippen LogP contribution in [-0.2, 0) is 33.4 Å². The number of rotatable bonds is 18. The van der Waals surface area contributed by atoms with Crippen LogP contribution >= 0.6 is 15.9 Å². The van der Waals surface area contributed by atoms with E-state index in [1.807, 2.05) is 32.0 Å². The zero-order chi connectivity index (χ0) is 35.2. The van der Waals surface area contributed by atoms with Crippen molar-refractivity contribution in [1.82, 2.24) is 15.1 Å². The van der Waals surface area contributed by atoms with E-state index in [1.54, 1.807) is 36.1 Å². The number of nitrogens with one attached hydrogen (secondary N) is 1. The summed E-state index contributed by atoms with van der Waals surface area (Å²) in [5.74, 6) is -3.72. The average molecular weight is 733 g/mol. The first-order valence-corrected chi connectivity index (χ1v) is 17.7. The van der Waals surface area contributed by atoms with Crippen LogP contribution in [0.15, 0.2) is 55.6 Å². The van der Waals surface area contributed by atoms with Gasteiger partial charge in [0.15, 0.2) is 0 Å². The van der Waals surface area contributed by atoms with E-state index in [1.165, 1.54) is 12.0 Å². The van der Waals surface area contributed by atoms with Gasteiger partial charge < -0.3 is 34.4 Å². The van der Waals surface area contributed by atoms with Crippen LogP contribution in [-0.4, -0.2) is 106 Å². The van der Waals surface area contributed by atoms with Crippen LogP contribution in [0.4, 0.5) is 0 Å². The summed E-state index contributed by atoms with van der Waals surface area (Å²) in [5, 5.41) is 13.2. The lowest BCUT2D eigenvalue weighted by molar-refractivity contribution is -0.163.